The summed E-state index contributed by atoms with van der Waals surface area (Å²) in [6.45, 7) is -0.0369. The summed E-state index contributed by atoms with van der Waals surface area (Å²) in [5, 5.41) is 0.298. The van der Waals surface area contributed by atoms with Crippen LogP contribution in [0.5, 0.6) is 11.5 Å². The number of methoxy groups -OCH3 is 1. The Labute approximate surface area is 190 Å². The number of fused-ring (bicyclic) bond motifs is 3. The van der Waals surface area contributed by atoms with E-state index < -0.39 is 5.82 Å². The largest absolute Gasteiger partial charge is 0.493 e. The maximum atomic E-state index is 14.0. The third kappa shape index (κ3) is 3.59. The lowest BCUT2D eigenvalue weighted by atomic mass is 10.2. The van der Waals surface area contributed by atoms with E-state index in [9.17, 15) is 9.18 Å². The monoisotopic (exact) mass is 466 g/mol. The number of halogens is 2. The summed E-state index contributed by atoms with van der Waals surface area (Å²) < 4.78 is 27.4. The summed E-state index contributed by atoms with van der Waals surface area (Å²) in [7, 11) is 1.52. The zero-order valence-electron chi connectivity index (χ0n) is 16.8. The number of ether oxygens (including phenoxy) is 2. The standard InChI is InChI=1S/C24H16ClFN2O3S/c1-30-21-11-14(9-10-20(21)31-13-15-16(25)5-4-6-17(15)26)12-22-23(29)28-19-8-3-2-7-18(19)27-24(28)32-22/h2-12H,13H2,1H3/b22-12+. The minimum absolute atomic E-state index is 0.0369. The highest BCUT2D eigenvalue weighted by molar-refractivity contribution is 7.15. The highest BCUT2D eigenvalue weighted by Crippen LogP contribution is 2.30. The number of aromatic nitrogens is 2. The molecule has 0 saturated heterocycles. The van der Waals surface area contributed by atoms with Crippen molar-refractivity contribution in [2.24, 2.45) is 0 Å². The average Bonchev–Trinajstić information content (AvgIpc) is 3.30. The SMILES string of the molecule is COc1cc(/C=c2/sc3nc4ccccc4n3c2=O)ccc1OCc1c(F)cccc1Cl. The number of benzene rings is 3. The zero-order valence-corrected chi connectivity index (χ0v) is 18.4. The maximum absolute atomic E-state index is 14.0. The Kier molecular flexibility index (Phi) is 5.28. The van der Waals surface area contributed by atoms with Gasteiger partial charge in [0.2, 0.25) is 0 Å². The minimum atomic E-state index is -0.431. The lowest BCUT2D eigenvalue weighted by Crippen LogP contribution is -2.22. The van der Waals surface area contributed by atoms with E-state index in [1.54, 1.807) is 40.8 Å². The van der Waals surface area contributed by atoms with E-state index in [-0.39, 0.29) is 17.7 Å². The third-order valence-electron chi connectivity index (χ3n) is 5.06. The van der Waals surface area contributed by atoms with Gasteiger partial charge in [0.15, 0.2) is 16.5 Å². The van der Waals surface area contributed by atoms with E-state index in [2.05, 4.69) is 4.98 Å². The topological polar surface area (TPSA) is 52.8 Å². The van der Waals surface area contributed by atoms with Crippen LogP contribution in [0.4, 0.5) is 4.39 Å². The fourth-order valence-corrected chi connectivity index (χ4v) is 4.68. The van der Waals surface area contributed by atoms with Gasteiger partial charge in [-0.15, -0.1) is 0 Å². The van der Waals surface area contributed by atoms with Crippen LogP contribution in [-0.4, -0.2) is 16.5 Å². The molecule has 0 unspecified atom stereocenters. The van der Waals surface area contributed by atoms with Crippen molar-refractivity contribution in [2.75, 3.05) is 7.11 Å². The smallest absolute Gasteiger partial charge is 0.274 e. The molecule has 5 aromatic rings. The molecule has 5 nitrogen and oxygen atoms in total. The van der Waals surface area contributed by atoms with Crippen LogP contribution < -0.4 is 19.6 Å². The van der Waals surface area contributed by atoms with E-state index in [1.807, 2.05) is 24.3 Å². The summed E-state index contributed by atoms with van der Waals surface area (Å²) in [4.78, 5) is 18.1. The molecule has 3 aromatic carbocycles. The molecule has 0 amide bonds. The van der Waals surface area contributed by atoms with Gasteiger partial charge in [0.05, 0.1) is 27.7 Å². The third-order valence-corrected chi connectivity index (χ3v) is 6.39. The summed E-state index contributed by atoms with van der Waals surface area (Å²) in [5.74, 6) is 0.475. The molecular weight excluding hydrogens is 451 g/mol. The quantitative estimate of drug-likeness (QED) is 0.372. The number of imidazole rings is 1. The predicted octanol–water partition coefficient (Wildman–Crippen LogP) is 4.84. The van der Waals surface area contributed by atoms with Crippen LogP contribution in [0.2, 0.25) is 5.02 Å². The average molecular weight is 467 g/mol. The van der Waals surface area contributed by atoms with Crippen LogP contribution in [0.15, 0.2) is 65.5 Å². The molecule has 2 aromatic heterocycles. The molecule has 5 rings (SSSR count). The summed E-state index contributed by atoms with van der Waals surface area (Å²) >= 11 is 7.40. The predicted molar refractivity (Wildman–Crippen MR) is 124 cm³/mol. The van der Waals surface area contributed by atoms with Crippen LogP contribution in [0.25, 0.3) is 22.1 Å². The number of hydrogen-bond donors (Lipinski definition) is 0. The van der Waals surface area contributed by atoms with Gasteiger partial charge in [-0.2, -0.15) is 0 Å². The van der Waals surface area contributed by atoms with E-state index in [1.165, 1.54) is 24.5 Å². The lowest BCUT2D eigenvalue weighted by molar-refractivity contribution is 0.280. The summed E-state index contributed by atoms with van der Waals surface area (Å²) in [6.07, 6.45) is 1.79. The first-order valence-corrected chi connectivity index (χ1v) is 10.9. The molecular formula is C24H16ClFN2O3S. The number of para-hydroxylation sites is 2. The molecule has 0 aliphatic rings. The van der Waals surface area contributed by atoms with Gasteiger partial charge in [0.1, 0.15) is 12.4 Å². The van der Waals surface area contributed by atoms with E-state index in [4.69, 9.17) is 21.1 Å². The van der Waals surface area contributed by atoms with E-state index in [0.717, 1.165) is 16.6 Å². The molecule has 160 valence electrons. The number of thiazole rings is 1. The van der Waals surface area contributed by atoms with Crippen molar-refractivity contribution in [1.29, 1.82) is 0 Å². The molecule has 32 heavy (non-hydrogen) atoms. The second-order valence-electron chi connectivity index (χ2n) is 7.03. The first-order valence-electron chi connectivity index (χ1n) is 9.70. The van der Waals surface area contributed by atoms with Gasteiger partial charge in [-0.05, 0) is 48.0 Å². The molecule has 0 N–H and O–H groups in total. The molecule has 0 fully saturated rings. The second-order valence-corrected chi connectivity index (χ2v) is 8.45. The molecule has 0 spiro atoms. The number of hydrogen-bond acceptors (Lipinski definition) is 5. The fraction of sp³-hybridized carbons (Fsp3) is 0.0833. The van der Waals surface area contributed by atoms with Crippen LogP contribution in [0.3, 0.4) is 0 Å². The Balaban J connectivity index is 1.48. The van der Waals surface area contributed by atoms with E-state index in [0.29, 0.717) is 26.0 Å². The Bertz CT molecular complexity index is 1560. The fourth-order valence-electron chi connectivity index (χ4n) is 3.48. The zero-order chi connectivity index (χ0) is 22.2. The van der Waals surface area contributed by atoms with Crippen LogP contribution >= 0.6 is 22.9 Å². The van der Waals surface area contributed by atoms with Crippen molar-refractivity contribution in [3.63, 3.8) is 0 Å². The number of rotatable bonds is 5. The number of nitrogens with zero attached hydrogens (tertiary/aromatic N) is 2. The highest BCUT2D eigenvalue weighted by Gasteiger charge is 2.12. The molecule has 8 heteroatoms. The van der Waals surface area contributed by atoms with Gasteiger partial charge in [-0.25, -0.2) is 13.8 Å². The van der Waals surface area contributed by atoms with Crippen molar-refractivity contribution in [2.45, 2.75) is 6.61 Å². The van der Waals surface area contributed by atoms with Crippen molar-refractivity contribution in [3.05, 3.63) is 97.5 Å². The minimum Gasteiger partial charge on any atom is -0.493 e. The van der Waals surface area contributed by atoms with Crippen LogP contribution in [0.1, 0.15) is 11.1 Å². The Morgan fingerprint density at radius 3 is 2.78 bits per heavy atom. The van der Waals surface area contributed by atoms with Crippen molar-refractivity contribution in [1.82, 2.24) is 9.38 Å². The van der Waals surface area contributed by atoms with Crippen molar-refractivity contribution < 1.29 is 13.9 Å². The molecule has 0 radical (unpaired) electrons. The summed E-state index contributed by atoms with van der Waals surface area (Å²) in [6, 6.07) is 17.3. The molecule has 0 bridgehead atoms. The van der Waals surface area contributed by atoms with Crippen LogP contribution in [0, 0.1) is 5.82 Å². The van der Waals surface area contributed by atoms with Gasteiger partial charge in [0, 0.05) is 5.56 Å². The maximum Gasteiger partial charge on any atom is 0.274 e. The van der Waals surface area contributed by atoms with Gasteiger partial charge in [-0.1, -0.05) is 47.2 Å². The Hall–Kier alpha value is -3.42. The molecule has 0 aliphatic heterocycles. The van der Waals surface area contributed by atoms with E-state index >= 15 is 0 Å². The Morgan fingerprint density at radius 2 is 1.97 bits per heavy atom. The highest BCUT2D eigenvalue weighted by atomic mass is 35.5. The molecule has 0 saturated carbocycles. The van der Waals surface area contributed by atoms with Crippen molar-refractivity contribution in [3.8, 4) is 11.5 Å². The van der Waals surface area contributed by atoms with Crippen molar-refractivity contribution >= 4 is 45.0 Å². The Morgan fingerprint density at radius 1 is 1.12 bits per heavy atom. The van der Waals surface area contributed by atoms with Gasteiger partial charge in [0.25, 0.3) is 5.56 Å². The second kappa shape index (κ2) is 8.26. The molecule has 2 heterocycles. The summed E-state index contributed by atoms with van der Waals surface area (Å²) in [5.41, 5.74) is 2.50. The molecule has 0 atom stereocenters. The van der Waals surface area contributed by atoms with Gasteiger partial charge < -0.3 is 9.47 Å². The van der Waals surface area contributed by atoms with Gasteiger partial charge in [-0.3, -0.25) is 4.79 Å². The van der Waals surface area contributed by atoms with Gasteiger partial charge >= 0.3 is 0 Å². The lowest BCUT2D eigenvalue weighted by Gasteiger charge is -2.12. The molecule has 0 aliphatic carbocycles. The normalized spacial score (nSPS) is 12.0. The first-order chi connectivity index (χ1) is 15.5. The van der Waals surface area contributed by atoms with Crippen LogP contribution in [-0.2, 0) is 6.61 Å². The first kappa shape index (κ1) is 20.5.